The van der Waals surface area contributed by atoms with E-state index >= 15 is 0 Å². The van der Waals surface area contributed by atoms with Crippen LogP contribution in [-0.2, 0) is 14.4 Å². The Morgan fingerprint density at radius 1 is 0.864 bits per heavy atom. The maximum absolute atomic E-state index is 11.5. The lowest BCUT2D eigenvalue weighted by atomic mass is 10.1. The first-order chi connectivity index (χ1) is 10.4. The predicted octanol–water partition coefficient (Wildman–Crippen LogP) is 1.50. The van der Waals surface area contributed by atoms with Crippen molar-refractivity contribution in [1.82, 2.24) is 5.32 Å². The van der Waals surface area contributed by atoms with Crippen molar-refractivity contribution in [3.8, 4) is 0 Å². The van der Waals surface area contributed by atoms with Gasteiger partial charge in [0.15, 0.2) is 0 Å². The fraction of sp³-hybridized carbons (Fsp3) is 0.800. The summed E-state index contributed by atoms with van der Waals surface area (Å²) in [5.74, 6) is -1.75. The van der Waals surface area contributed by atoms with Gasteiger partial charge < -0.3 is 21.3 Å². The molecule has 7 nitrogen and oxygen atoms in total. The third-order valence-corrected chi connectivity index (χ3v) is 3.38. The average Bonchev–Trinajstić information content (AvgIpc) is 2.45. The van der Waals surface area contributed by atoms with Crippen LogP contribution in [0.3, 0.4) is 0 Å². The fourth-order valence-electron chi connectivity index (χ4n) is 2.02. The standard InChI is InChI=1S/C15H28N2O5/c16-12(15(21)22)8-6-7-11-17-13(18)9-4-2-1-3-5-10-14(19)20/h12H,1-11,16H2,(H,17,18)(H,19,20)(H,21,22)/t12-/m0/s1. The van der Waals surface area contributed by atoms with Gasteiger partial charge in [-0.2, -0.15) is 0 Å². The summed E-state index contributed by atoms with van der Waals surface area (Å²) in [5.41, 5.74) is 5.37. The number of rotatable bonds is 14. The van der Waals surface area contributed by atoms with Crippen LogP contribution < -0.4 is 11.1 Å². The highest BCUT2D eigenvalue weighted by molar-refractivity contribution is 5.75. The van der Waals surface area contributed by atoms with E-state index in [-0.39, 0.29) is 12.3 Å². The Bertz CT molecular complexity index is 347. The molecule has 128 valence electrons. The lowest BCUT2D eigenvalue weighted by molar-refractivity contribution is -0.139. The van der Waals surface area contributed by atoms with Crippen LogP contribution in [0.4, 0.5) is 0 Å². The predicted molar refractivity (Wildman–Crippen MR) is 82.4 cm³/mol. The minimum atomic E-state index is -0.993. The van der Waals surface area contributed by atoms with Crippen LogP contribution in [0.15, 0.2) is 0 Å². The second-order valence-electron chi connectivity index (χ2n) is 5.45. The number of carbonyl (C=O) groups is 3. The molecule has 1 atom stereocenters. The number of hydrogen-bond acceptors (Lipinski definition) is 4. The number of unbranched alkanes of at least 4 members (excludes halogenated alkanes) is 5. The maximum atomic E-state index is 11.5. The minimum Gasteiger partial charge on any atom is -0.481 e. The van der Waals surface area contributed by atoms with Gasteiger partial charge in [-0.05, 0) is 32.1 Å². The highest BCUT2D eigenvalue weighted by Crippen LogP contribution is 2.07. The van der Waals surface area contributed by atoms with Gasteiger partial charge in [0.25, 0.3) is 0 Å². The smallest absolute Gasteiger partial charge is 0.320 e. The summed E-state index contributed by atoms with van der Waals surface area (Å²) in [7, 11) is 0. The highest BCUT2D eigenvalue weighted by Gasteiger charge is 2.10. The summed E-state index contributed by atoms with van der Waals surface area (Å²) in [6.45, 7) is 0.545. The van der Waals surface area contributed by atoms with Crippen LogP contribution in [0.2, 0.25) is 0 Å². The summed E-state index contributed by atoms with van der Waals surface area (Å²) in [6.07, 6.45) is 6.79. The van der Waals surface area contributed by atoms with Crippen LogP contribution in [-0.4, -0.2) is 40.6 Å². The first kappa shape index (κ1) is 20.4. The molecule has 0 aliphatic heterocycles. The maximum Gasteiger partial charge on any atom is 0.320 e. The molecule has 0 spiro atoms. The first-order valence-electron chi connectivity index (χ1n) is 7.90. The van der Waals surface area contributed by atoms with E-state index in [9.17, 15) is 14.4 Å². The second-order valence-corrected chi connectivity index (χ2v) is 5.45. The molecule has 0 rings (SSSR count). The Hall–Kier alpha value is -1.63. The third-order valence-electron chi connectivity index (χ3n) is 3.38. The van der Waals surface area contributed by atoms with Gasteiger partial charge in [-0.25, -0.2) is 0 Å². The van der Waals surface area contributed by atoms with E-state index in [4.69, 9.17) is 15.9 Å². The molecule has 0 aromatic heterocycles. The lowest BCUT2D eigenvalue weighted by Gasteiger charge is -2.07. The van der Waals surface area contributed by atoms with Crippen molar-refractivity contribution < 1.29 is 24.6 Å². The molecule has 0 unspecified atom stereocenters. The third kappa shape index (κ3) is 13.4. The molecule has 22 heavy (non-hydrogen) atoms. The molecular weight excluding hydrogens is 288 g/mol. The summed E-state index contributed by atoms with van der Waals surface area (Å²) in [6, 6.07) is -0.822. The van der Waals surface area contributed by atoms with Crippen LogP contribution >= 0.6 is 0 Å². The Kier molecular flexibility index (Phi) is 12.1. The number of nitrogens with two attached hydrogens (primary N) is 1. The number of aliphatic carboxylic acids is 2. The van der Waals surface area contributed by atoms with Gasteiger partial charge in [0.1, 0.15) is 6.04 Å². The van der Waals surface area contributed by atoms with Crippen LogP contribution in [0.25, 0.3) is 0 Å². The summed E-state index contributed by atoms with van der Waals surface area (Å²) in [5, 5.41) is 19.9. The van der Waals surface area contributed by atoms with Crippen molar-refractivity contribution in [2.75, 3.05) is 6.54 Å². The van der Waals surface area contributed by atoms with Gasteiger partial charge >= 0.3 is 11.9 Å². The van der Waals surface area contributed by atoms with Crippen LogP contribution in [0.1, 0.15) is 64.2 Å². The molecule has 0 aliphatic rings. The Labute approximate surface area is 131 Å². The monoisotopic (exact) mass is 316 g/mol. The number of carboxylic acid groups (broad SMARTS) is 2. The molecule has 0 fully saturated rings. The van der Waals surface area contributed by atoms with Crippen molar-refractivity contribution in [2.24, 2.45) is 5.73 Å². The number of carbonyl (C=O) groups excluding carboxylic acids is 1. The molecule has 5 N–H and O–H groups in total. The van der Waals surface area contributed by atoms with Crippen molar-refractivity contribution >= 4 is 17.8 Å². The van der Waals surface area contributed by atoms with Crippen molar-refractivity contribution in [3.63, 3.8) is 0 Å². The molecule has 0 aromatic carbocycles. The van der Waals surface area contributed by atoms with Crippen LogP contribution in [0.5, 0.6) is 0 Å². The van der Waals surface area contributed by atoms with Crippen molar-refractivity contribution in [2.45, 2.75) is 70.3 Å². The number of amides is 1. The van der Waals surface area contributed by atoms with Gasteiger partial charge in [-0.1, -0.05) is 19.3 Å². The largest absolute Gasteiger partial charge is 0.481 e. The molecule has 0 radical (unpaired) electrons. The Morgan fingerprint density at radius 3 is 2.05 bits per heavy atom. The summed E-state index contributed by atoms with van der Waals surface area (Å²) >= 11 is 0. The van der Waals surface area contributed by atoms with E-state index in [0.717, 1.165) is 32.1 Å². The van der Waals surface area contributed by atoms with Gasteiger partial charge in [-0.3, -0.25) is 14.4 Å². The van der Waals surface area contributed by atoms with E-state index in [1.165, 1.54) is 0 Å². The Morgan fingerprint density at radius 2 is 1.45 bits per heavy atom. The normalized spacial score (nSPS) is 11.9. The summed E-state index contributed by atoms with van der Waals surface area (Å²) in [4.78, 5) is 32.3. The summed E-state index contributed by atoms with van der Waals surface area (Å²) < 4.78 is 0. The van der Waals surface area contributed by atoms with Gasteiger partial charge in [0.2, 0.25) is 5.91 Å². The minimum absolute atomic E-state index is 0.00747. The van der Waals surface area contributed by atoms with Crippen LogP contribution in [0, 0.1) is 0 Å². The van der Waals surface area contributed by atoms with E-state index in [2.05, 4.69) is 5.32 Å². The van der Waals surface area contributed by atoms with E-state index < -0.39 is 18.0 Å². The topological polar surface area (TPSA) is 130 Å². The van der Waals surface area contributed by atoms with Gasteiger partial charge in [-0.15, -0.1) is 0 Å². The first-order valence-corrected chi connectivity index (χ1v) is 7.90. The molecule has 0 aromatic rings. The zero-order valence-electron chi connectivity index (χ0n) is 13.1. The molecule has 0 bridgehead atoms. The zero-order valence-corrected chi connectivity index (χ0v) is 13.1. The van der Waals surface area contributed by atoms with Gasteiger partial charge in [0, 0.05) is 19.4 Å². The molecule has 0 saturated heterocycles. The lowest BCUT2D eigenvalue weighted by Crippen LogP contribution is -2.30. The second kappa shape index (κ2) is 13.1. The van der Waals surface area contributed by atoms with Crippen molar-refractivity contribution in [1.29, 1.82) is 0 Å². The van der Waals surface area contributed by atoms with E-state index in [0.29, 0.717) is 32.2 Å². The fourth-order valence-corrected chi connectivity index (χ4v) is 2.02. The molecule has 0 aliphatic carbocycles. The molecule has 0 saturated carbocycles. The quantitative estimate of drug-likeness (QED) is 0.359. The molecule has 1 amide bonds. The number of carboxylic acids is 2. The van der Waals surface area contributed by atoms with E-state index in [1.54, 1.807) is 0 Å². The highest BCUT2D eigenvalue weighted by atomic mass is 16.4. The SMILES string of the molecule is N[C@@H](CCCCNC(=O)CCCCCCCC(=O)O)C(=O)O. The molecule has 0 heterocycles. The molecular formula is C15H28N2O5. The number of hydrogen-bond donors (Lipinski definition) is 4. The van der Waals surface area contributed by atoms with Crippen molar-refractivity contribution in [3.05, 3.63) is 0 Å². The van der Waals surface area contributed by atoms with Gasteiger partial charge in [0.05, 0.1) is 0 Å². The molecule has 7 heteroatoms. The zero-order chi connectivity index (χ0) is 16.8. The Balaban J connectivity index is 3.33. The average molecular weight is 316 g/mol. The number of nitrogens with one attached hydrogen (secondary N) is 1. The van der Waals surface area contributed by atoms with E-state index in [1.807, 2.05) is 0 Å².